The van der Waals surface area contributed by atoms with Gasteiger partial charge in [0.2, 0.25) is 5.91 Å². The van der Waals surface area contributed by atoms with Crippen LogP contribution in [-0.2, 0) is 23.8 Å². The zero-order chi connectivity index (χ0) is 67.2. The Hall–Kier alpha value is -2.38. The van der Waals surface area contributed by atoms with Crippen LogP contribution in [0.1, 0.15) is 399 Å². The molecule has 1 rings (SSSR count). The fraction of sp³-hybridized carbons (Fsp3) is 0.878. The van der Waals surface area contributed by atoms with Crippen LogP contribution >= 0.6 is 0 Å². The van der Waals surface area contributed by atoms with Gasteiger partial charge in [-0.15, -0.1) is 0 Å². The van der Waals surface area contributed by atoms with Crippen LogP contribution in [0, 0.1) is 0 Å². The fourth-order valence-electron chi connectivity index (χ4n) is 12.8. The largest absolute Gasteiger partial charge is 0.466 e. The minimum Gasteiger partial charge on any atom is -0.466 e. The summed E-state index contributed by atoms with van der Waals surface area (Å²) in [5.74, 6) is -0.169. The molecule has 0 radical (unpaired) electrons. The molecule has 1 amide bonds. The van der Waals surface area contributed by atoms with Gasteiger partial charge < -0.3 is 45.1 Å². The van der Waals surface area contributed by atoms with Gasteiger partial charge in [0, 0.05) is 12.8 Å². The summed E-state index contributed by atoms with van der Waals surface area (Å²) in [5.41, 5.74) is 0. The quantitative estimate of drug-likeness (QED) is 0.0195. The molecule has 0 aromatic rings. The summed E-state index contributed by atoms with van der Waals surface area (Å²) in [7, 11) is 0. The Balaban J connectivity index is 1.84. The van der Waals surface area contributed by atoms with Crippen molar-refractivity contribution in [2.75, 3.05) is 19.8 Å². The van der Waals surface area contributed by atoms with E-state index in [0.717, 1.165) is 64.2 Å². The van der Waals surface area contributed by atoms with E-state index in [0.29, 0.717) is 19.4 Å². The third-order valence-corrected chi connectivity index (χ3v) is 19.2. The number of hydrogen-bond acceptors (Lipinski definition) is 10. The molecule has 7 atom stereocenters. The number of esters is 1. The molecule has 7 unspecified atom stereocenters. The molecule has 0 aromatic heterocycles. The number of nitrogens with one attached hydrogen (secondary N) is 1. The van der Waals surface area contributed by atoms with Gasteiger partial charge in [0.15, 0.2) is 6.29 Å². The summed E-state index contributed by atoms with van der Waals surface area (Å²) in [4.78, 5) is 25.1. The van der Waals surface area contributed by atoms with E-state index in [1.165, 1.54) is 308 Å². The van der Waals surface area contributed by atoms with Crippen molar-refractivity contribution in [3.63, 3.8) is 0 Å². The molecule has 1 saturated heterocycles. The molecule has 93 heavy (non-hydrogen) atoms. The summed E-state index contributed by atoms with van der Waals surface area (Å²) in [6.07, 6.45) is 84.6. The average Bonchev–Trinajstić information content (AvgIpc) is 0.878. The van der Waals surface area contributed by atoms with E-state index in [9.17, 15) is 35.1 Å². The van der Waals surface area contributed by atoms with E-state index < -0.39 is 49.5 Å². The predicted molar refractivity (Wildman–Crippen MR) is 394 cm³/mol. The summed E-state index contributed by atoms with van der Waals surface area (Å²) in [6.45, 7) is 4.33. The lowest BCUT2D eigenvalue weighted by molar-refractivity contribution is -0.302. The van der Waals surface area contributed by atoms with E-state index >= 15 is 0 Å². The van der Waals surface area contributed by atoms with Gasteiger partial charge in [-0.3, -0.25) is 9.59 Å². The maximum absolute atomic E-state index is 13.0. The molecule has 546 valence electrons. The average molecular weight is 1310 g/mol. The van der Waals surface area contributed by atoms with Gasteiger partial charge in [0.1, 0.15) is 24.4 Å². The second-order valence-corrected chi connectivity index (χ2v) is 28.1. The van der Waals surface area contributed by atoms with Crippen molar-refractivity contribution in [3.05, 3.63) is 48.6 Å². The number of rotatable bonds is 72. The van der Waals surface area contributed by atoms with Crippen molar-refractivity contribution in [3.8, 4) is 0 Å². The van der Waals surface area contributed by atoms with Crippen molar-refractivity contribution in [1.29, 1.82) is 0 Å². The smallest absolute Gasteiger partial charge is 0.305 e. The SMILES string of the molecule is CCCCC/C=C\C/C=C\CCCCCCCCCC(=O)OCCCCCCCCCCCCCCCCCCCC/C=C\CCCCCCCCCCCCCCCCCCCC(=O)NC(COC1OC(CO)C(O)C(O)C1O)C(O)/C=C/CCCCCCCCC. The normalized spacial score (nSPS) is 17.7. The number of ether oxygens (including phenoxy) is 3. The van der Waals surface area contributed by atoms with Crippen LogP contribution in [-0.4, -0.2) is 100 Å². The first-order valence-electron chi connectivity index (χ1n) is 40.4. The van der Waals surface area contributed by atoms with E-state index in [-0.39, 0.29) is 18.5 Å². The molecule has 1 heterocycles. The first-order valence-corrected chi connectivity index (χ1v) is 40.4. The van der Waals surface area contributed by atoms with Crippen LogP contribution in [0.25, 0.3) is 0 Å². The standard InChI is InChI=1S/C82H153NO10/c1-3-5-7-9-11-13-14-15-16-40-44-47-50-54-58-62-66-70-78(87)91-71-67-63-59-55-51-48-45-42-39-37-35-33-31-29-27-25-23-21-19-17-18-20-22-24-26-28-30-32-34-36-38-41-43-46-49-53-57-61-65-69-77(86)83-74(75(85)68-64-60-56-52-12-10-8-6-4-2)73-92-82-81(90)80(89)79(88)76(72-84)93-82/h11,13,15-18,64,68,74-76,79-82,84-85,88-90H,3-10,12,14,19-63,65-67,69-73H2,1-2H3,(H,83,86)/b13-11-,16-15-,18-17-,68-64+. The van der Waals surface area contributed by atoms with Gasteiger partial charge >= 0.3 is 5.97 Å². The molecule has 0 spiro atoms. The third-order valence-electron chi connectivity index (χ3n) is 19.2. The van der Waals surface area contributed by atoms with Gasteiger partial charge in [0.05, 0.1) is 32.0 Å². The van der Waals surface area contributed by atoms with Gasteiger partial charge in [-0.25, -0.2) is 0 Å². The first-order chi connectivity index (χ1) is 45.7. The maximum Gasteiger partial charge on any atom is 0.305 e. The number of allylic oxidation sites excluding steroid dienone is 7. The highest BCUT2D eigenvalue weighted by molar-refractivity contribution is 5.76. The highest BCUT2D eigenvalue weighted by atomic mass is 16.7. The van der Waals surface area contributed by atoms with Crippen molar-refractivity contribution < 1.29 is 49.3 Å². The number of aliphatic hydroxyl groups is 5. The zero-order valence-corrected chi connectivity index (χ0v) is 61.0. The predicted octanol–water partition coefficient (Wildman–Crippen LogP) is 21.9. The molecule has 0 aromatic carbocycles. The Labute approximate surface area is 574 Å². The maximum atomic E-state index is 13.0. The van der Waals surface area contributed by atoms with Crippen LogP contribution in [0.15, 0.2) is 48.6 Å². The first kappa shape index (κ1) is 88.6. The number of carbonyl (C=O) groups excluding carboxylic acids is 2. The minimum atomic E-state index is -1.57. The highest BCUT2D eigenvalue weighted by Crippen LogP contribution is 2.24. The fourth-order valence-corrected chi connectivity index (χ4v) is 12.8. The Bertz CT molecular complexity index is 1690. The van der Waals surface area contributed by atoms with Crippen molar-refractivity contribution in [1.82, 2.24) is 5.32 Å². The van der Waals surface area contributed by atoms with Gasteiger partial charge in [-0.05, 0) is 89.9 Å². The number of carbonyl (C=O) groups is 2. The molecule has 0 aliphatic carbocycles. The molecule has 0 bridgehead atoms. The van der Waals surface area contributed by atoms with Crippen molar-refractivity contribution in [2.24, 2.45) is 0 Å². The zero-order valence-electron chi connectivity index (χ0n) is 61.0. The van der Waals surface area contributed by atoms with Crippen LogP contribution in [0.4, 0.5) is 0 Å². The number of hydrogen-bond donors (Lipinski definition) is 6. The van der Waals surface area contributed by atoms with Crippen LogP contribution in [0.3, 0.4) is 0 Å². The van der Waals surface area contributed by atoms with Crippen LogP contribution in [0.2, 0.25) is 0 Å². The topological polar surface area (TPSA) is 175 Å². The van der Waals surface area contributed by atoms with E-state index in [1.807, 2.05) is 6.08 Å². The number of aliphatic hydroxyl groups excluding tert-OH is 5. The van der Waals surface area contributed by atoms with Gasteiger partial charge in [0.25, 0.3) is 0 Å². The van der Waals surface area contributed by atoms with Crippen LogP contribution < -0.4 is 5.32 Å². The van der Waals surface area contributed by atoms with Crippen LogP contribution in [0.5, 0.6) is 0 Å². The van der Waals surface area contributed by atoms with E-state index in [2.05, 4.69) is 55.6 Å². The Morgan fingerprint density at radius 3 is 1.12 bits per heavy atom. The Kier molecular flexibility index (Phi) is 67.6. The highest BCUT2D eigenvalue weighted by Gasteiger charge is 2.44. The van der Waals surface area contributed by atoms with E-state index in [4.69, 9.17) is 14.2 Å². The summed E-state index contributed by atoms with van der Waals surface area (Å²) in [6, 6.07) is -0.805. The second-order valence-electron chi connectivity index (χ2n) is 28.1. The van der Waals surface area contributed by atoms with Crippen molar-refractivity contribution >= 4 is 11.9 Å². The lowest BCUT2D eigenvalue weighted by Gasteiger charge is -2.40. The van der Waals surface area contributed by atoms with Crippen molar-refractivity contribution in [2.45, 2.75) is 442 Å². The second kappa shape index (κ2) is 70.9. The Morgan fingerprint density at radius 2 is 0.720 bits per heavy atom. The minimum absolute atomic E-state index is 0.00928. The molecule has 0 saturated carbocycles. The monoisotopic (exact) mass is 1310 g/mol. The molecular weight excluding hydrogens is 1160 g/mol. The molecule has 1 aliphatic rings. The molecule has 6 N–H and O–H groups in total. The third kappa shape index (κ3) is 59.4. The summed E-state index contributed by atoms with van der Waals surface area (Å²) < 4.78 is 16.7. The van der Waals surface area contributed by atoms with Gasteiger partial charge in [-0.2, -0.15) is 0 Å². The lowest BCUT2D eigenvalue weighted by atomic mass is 9.99. The van der Waals surface area contributed by atoms with Gasteiger partial charge in [-0.1, -0.05) is 345 Å². The summed E-state index contributed by atoms with van der Waals surface area (Å²) in [5, 5.41) is 54.4. The van der Waals surface area contributed by atoms with E-state index in [1.54, 1.807) is 6.08 Å². The summed E-state index contributed by atoms with van der Waals surface area (Å²) >= 11 is 0. The Morgan fingerprint density at radius 1 is 0.398 bits per heavy atom. The lowest BCUT2D eigenvalue weighted by Crippen LogP contribution is -2.60. The molecule has 1 fully saturated rings. The molecule has 1 aliphatic heterocycles. The molecule has 11 heteroatoms. The number of amides is 1. The molecule has 11 nitrogen and oxygen atoms in total. The molecular formula is C82H153NO10. The number of unbranched alkanes of at least 4 members (excludes halogenated alkanes) is 52.